The second-order valence-corrected chi connectivity index (χ2v) is 3.66. The molecule has 23 heavy (non-hydrogen) atoms. The van der Waals surface area contributed by atoms with Gasteiger partial charge < -0.3 is 30.2 Å². The molecule has 0 aromatic carbocycles. The van der Waals surface area contributed by atoms with Crippen molar-refractivity contribution in [1.82, 2.24) is 9.78 Å². The van der Waals surface area contributed by atoms with Crippen molar-refractivity contribution in [2.45, 2.75) is 12.7 Å². The number of nitrogens with zero attached hydrogens (tertiary/aromatic N) is 8. The number of hydroxylamine groups is 2. The molecule has 0 unspecified atom stereocenters. The molecular weight excluding hydrogens is 324 g/mol. The van der Waals surface area contributed by atoms with E-state index in [1.165, 1.54) is 0 Å². The Balaban J connectivity index is 3.29. The Bertz CT molecular complexity index is 633. The van der Waals surface area contributed by atoms with Crippen LogP contribution in [-0.2, 0) is 16.2 Å². The molecule has 1 heterocycles. The molecule has 0 saturated heterocycles. The second-order valence-electron chi connectivity index (χ2n) is 3.66. The van der Waals surface area contributed by atoms with Gasteiger partial charge in [-0.15, -0.1) is 4.68 Å². The predicted molar refractivity (Wildman–Crippen MR) is 65.5 cm³/mol. The summed E-state index contributed by atoms with van der Waals surface area (Å²) in [6.45, 7) is -0.781. The second kappa shape index (κ2) is 7.43. The first-order valence-electron chi connectivity index (χ1n) is 5.59. The lowest BCUT2D eigenvalue weighted by atomic mass is 10.5. The molecule has 0 spiro atoms. The van der Waals surface area contributed by atoms with Crippen LogP contribution in [0.25, 0.3) is 0 Å². The molecule has 0 aliphatic carbocycles. The van der Waals surface area contributed by atoms with E-state index in [0.29, 0.717) is 10.9 Å². The maximum Gasteiger partial charge on any atom is 0.455 e. The summed E-state index contributed by atoms with van der Waals surface area (Å²) in [6.07, 6.45) is -1.21. The normalized spacial score (nSPS) is 13.5. The molecule has 126 valence electrons. The number of aromatic nitrogens is 2. The highest BCUT2D eigenvalue weighted by Crippen LogP contribution is 2.26. The summed E-state index contributed by atoms with van der Waals surface area (Å²) in [6, 6.07) is 0. The molecule has 0 amide bonds. The zero-order valence-electron chi connectivity index (χ0n) is 11.7. The molecule has 0 saturated carbocycles. The molecule has 0 aliphatic heterocycles. The highest BCUT2D eigenvalue weighted by atomic mass is 16.7. The summed E-state index contributed by atoms with van der Waals surface area (Å²) in [4.78, 5) is 27.4. The van der Waals surface area contributed by atoms with E-state index in [1.807, 2.05) is 0 Å². The van der Waals surface area contributed by atoms with Crippen molar-refractivity contribution < 1.29 is 29.2 Å². The van der Waals surface area contributed by atoms with Crippen molar-refractivity contribution in [2.75, 3.05) is 14.2 Å². The number of hydrogen-bond acceptors (Lipinski definition) is 11. The van der Waals surface area contributed by atoms with Gasteiger partial charge in [0.1, 0.15) is 14.2 Å². The minimum atomic E-state index is -1.83. The van der Waals surface area contributed by atoms with E-state index in [4.69, 9.17) is 0 Å². The van der Waals surface area contributed by atoms with Crippen LogP contribution < -0.4 is 0 Å². The van der Waals surface area contributed by atoms with Gasteiger partial charge in [0.15, 0.2) is 6.20 Å². The Morgan fingerprint density at radius 3 is 2.04 bits per heavy atom. The maximum atomic E-state index is 11.6. The summed E-state index contributed by atoms with van der Waals surface area (Å²) in [7, 11) is 2.04. The first-order valence-corrected chi connectivity index (χ1v) is 5.59. The van der Waals surface area contributed by atoms with E-state index in [2.05, 4.69) is 25.3 Å². The minimum Gasteiger partial charge on any atom is -0.592 e. The summed E-state index contributed by atoms with van der Waals surface area (Å²) in [5.74, 6) is -1.02. The van der Waals surface area contributed by atoms with E-state index < -0.39 is 34.1 Å². The molecule has 1 rings (SSSR count). The van der Waals surface area contributed by atoms with Gasteiger partial charge in [-0.05, 0) is 4.92 Å². The first-order chi connectivity index (χ1) is 10.8. The molecule has 1 aromatic rings. The van der Waals surface area contributed by atoms with E-state index in [-0.39, 0.29) is 9.72 Å². The predicted octanol–water partition coefficient (Wildman–Crippen LogP) is 0.0734. The van der Waals surface area contributed by atoms with Crippen molar-refractivity contribution in [3.63, 3.8) is 0 Å². The summed E-state index contributed by atoms with van der Waals surface area (Å²) in [5, 5.41) is 54.1. The quantitative estimate of drug-likeness (QED) is 0.207. The molecule has 16 nitrogen and oxygen atoms in total. The van der Waals surface area contributed by atoms with Gasteiger partial charge in [-0.2, -0.15) is 0 Å². The van der Waals surface area contributed by atoms with Crippen LogP contribution in [-0.4, -0.2) is 49.7 Å². The van der Waals surface area contributed by atoms with Gasteiger partial charge in [-0.1, -0.05) is 5.10 Å². The van der Waals surface area contributed by atoms with E-state index in [0.717, 1.165) is 14.2 Å². The SMILES string of the molecule is CON=[N+]([O-])C(Cn1ncc([N+](=O)[O-])c1[N+](=O)[O-])[N+]([O-])=NOC. The van der Waals surface area contributed by atoms with Gasteiger partial charge in [0.2, 0.25) is 17.1 Å². The Morgan fingerprint density at radius 1 is 1.13 bits per heavy atom. The van der Waals surface area contributed by atoms with Gasteiger partial charge in [0.25, 0.3) is 0 Å². The number of nitro groups is 2. The van der Waals surface area contributed by atoms with Crippen LogP contribution >= 0.6 is 0 Å². The van der Waals surface area contributed by atoms with Crippen LogP contribution in [0.1, 0.15) is 0 Å². The lowest BCUT2D eigenvalue weighted by Gasteiger charge is -2.08. The standard InChI is InChI=1S/C7H10N8O8/c1-22-9-12(16)6(13(17)10-23-2)4-11-7(15(20)21)5(3-8-11)14(18)19/h3,6H,4H2,1-2H3. The molecule has 1 aromatic heterocycles. The fraction of sp³-hybridized carbons (Fsp3) is 0.571. The van der Waals surface area contributed by atoms with Crippen molar-refractivity contribution in [3.05, 3.63) is 36.8 Å². The van der Waals surface area contributed by atoms with Crippen LogP contribution in [0, 0.1) is 30.6 Å². The highest BCUT2D eigenvalue weighted by Gasteiger charge is 2.40. The molecule has 0 radical (unpaired) electrons. The zero-order chi connectivity index (χ0) is 17.6. The third kappa shape index (κ3) is 3.95. The van der Waals surface area contributed by atoms with Crippen LogP contribution in [0.4, 0.5) is 11.5 Å². The molecular formula is C7H10N8O8. The lowest BCUT2D eigenvalue weighted by Crippen LogP contribution is -2.35. The van der Waals surface area contributed by atoms with Gasteiger partial charge in [-0.25, -0.2) is 0 Å². The van der Waals surface area contributed by atoms with Crippen LogP contribution in [0.2, 0.25) is 0 Å². The maximum absolute atomic E-state index is 11.6. The average Bonchev–Trinajstić information content (AvgIpc) is 2.89. The summed E-state index contributed by atoms with van der Waals surface area (Å²) < 4.78 is 0.481. The molecule has 0 bridgehead atoms. The van der Waals surface area contributed by atoms with Crippen molar-refractivity contribution in [2.24, 2.45) is 10.6 Å². The molecule has 0 fully saturated rings. The molecule has 0 aliphatic rings. The van der Waals surface area contributed by atoms with Crippen LogP contribution in [0.3, 0.4) is 0 Å². The topological polar surface area (TPSA) is 199 Å². The highest BCUT2D eigenvalue weighted by molar-refractivity contribution is 5.45. The van der Waals surface area contributed by atoms with Crippen LogP contribution in [0.15, 0.2) is 16.8 Å². The first kappa shape index (κ1) is 17.5. The third-order valence-corrected chi connectivity index (χ3v) is 2.33. The monoisotopic (exact) mass is 334 g/mol. The van der Waals surface area contributed by atoms with Crippen LogP contribution in [0.5, 0.6) is 0 Å². The Morgan fingerprint density at radius 2 is 1.65 bits per heavy atom. The summed E-state index contributed by atoms with van der Waals surface area (Å²) >= 11 is 0. The fourth-order valence-electron chi connectivity index (χ4n) is 1.47. The molecule has 0 atom stereocenters. The number of hydrogen-bond donors (Lipinski definition) is 0. The fourth-order valence-corrected chi connectivity index (χ4v) is 1.47. The van der Waals surface area contributed by atoms with Gasteiger partial charge in [-0.3, -0.25) is 10.1 Å². The molecule has 0 N–H and O–H groups in total. The van der Waals surface area contributed by atoms with E-state index >= 15 is 0 Å². The van der Waals surface area contributed by atoms with Gasteiger partial charge in [0, 0.05) is 9.72 Å². The van der Waals surface area contributed by atoms with Gasteiger partial charge in [0.05, 0.1) is 4.92 Å². The Labute approximate surface area is 126 Å². The third-order valence-electron chi connectivity index (χ3n) is 2.33. The lowest BCUT2D eigenvalue weighted by molar-refractivity contribution is -0.798. The Hall–Kier alpha value is -3.59. The van der Waals surface area contributed by atoms with Crippen molar-refractivity contribution in [1.29, 1.82) is 0 Å². The minimum absolute atomic E-state index is 0.257. The van der Waals surface area contributed by atoms with Gasteiger partial charge >= 0.3 is 17.7 Å². The summed E-state index contributed by atoms with van der Waals surface area (Å²) in [5.41, 5.74) is -0.906. The van der Waals surface area contributed by atoms with Crippen molar-refractivity contribution >= 4 is 11.5 Å². The molecule has 16 heteroatoms. The smallest absolute Gasteiger partial charge is 0.455 e. The average molecular weight is 334 g/mol. The number of rotatable bonds is 8. The zero-order valence-corrected chi connectivity index (χ0v) is 11.7. The van der Waals surface area contributed by atoms with E-state index in [9.17, 15) is 30.6 Å². The largest absolute Gasteiger partial charge is 0.592 e. The van der Waals surface area contributed by atoms with E-state index in [1.54, 1.807) is 0 Å². The Kier molecular flexibility index (Phi) is 5.64. The van der Waals surface area contributed by atoms with Crippen molar-refractivity contribution in [3.8, 4) is 0 Å².